The van der Waals surface area contributed by atoms with Gasteiger partial charge in [0.2, 0.25) is 5.88 Å². The summed E-state index contributed by atoms with van der Waals surface area (Å²) in [7, 11) is 0. The Labute approximate surface area is 82.9 Å². The van der Waals surface area contributed by atoms with Crippen molar-refractivity contribution in [1.29, 1.82) is 0 Å². The molecule has 0 aliphatic rings. The van der Waals surface area contributed by atoms with Gasteiger partial charge in [-0.3, -0.25) is 4.79 Å². The minimum Gasteiger partial charge on any atom is -0.388 e. The van der Waals surface area contributed by atoms with Crippen molar-refractivity contribution in [1.82, 2.24) is 4.98 Å². The minimum absolute atomic E-state index is 0.239. The maximum Gasteiger partial charge on any atom is 0.574 e. The second kappa shape index (κ2) is 3.76. The van der Waals surface area contributed by atoms with Crippen LogP contribution in [0.5, 0.6) is 5.88 Å². The number of ether oxygens (including phenoxy) is 1. The lowest BCUT2D eigenvalue weighted by Gasteiger charge is -2.09. The number of primary amides is 1. The van der Waals surface area contributed by atoms with E-state index < -0.39 is 18.1 Å². The van der Waals surface area contributed by atoms with Gasteiger partial charge >= 0.3 is 6.36 Å². The summed E-state index contributed by atoms with van der Waals surface area (Å²) in [6.45, 7) is 1.50. The SMILES string of the molecule is Cc1ccc(OC(F)(F)F)nc1C(N)=O. The van der Waals surface area contributed by atoms with Crippen LogP contribution in [0.15, 0.2) is 12.1 Å². The van der Waals surface area contributed by atoms with Gasteiger partial charge in [0.05, 0.1) is 0 Å². The topological polar surface area (TPSA) is 65.2 Å². The van der Waals surface area contributed by atoms with E-state index in [-0.39, 0.29) is 5.69 Å². The van der Waals surface area contributed by atoms with Crippen molar-refractivity contribution in [2.24, 2.45) is 5.73 Å². The number of alkyl halides is 3. The number of nitrogens with two attached hydrogens (primary N) is 1. The number of amides is 1. The zero-order chi connectivity index (χ0) is 11.6. The fourth-order valence-corrected chi connectivity index (χ4v) is 0.936. The van der Waals surface area contributed by atoms with Crippen molar-refractivity contribution < 1.29 is 22.7 Å². The van der Waals surface area contributed by atoms with E-state index in [0.717, 1.165) is 6.07 Å². The molecule has 0 bridgehead atoms. The van der Waals surface area contributed by atoms with E-state index in [9.17, 15) is 18.0 Å². The van der Waals surface area contributed by atoms with Gasteiger partial charge in [-0.2, -0.15) is 0 Å². The molecule has 0 aliphatic heterocycles. The van der Waals surface area contributed by atoms with Gasteiger partial charge < -0.3 is 10.5 Å². The van der Waals surface area contributed by atoms with E-state index in [0.29, 0.717) is 5.56 Å². The van der Waals surface area contributed by atoms with Crippen LogP contribution in [0.2, 0.25) is 0 Å². The summed E-state index contributed by atoms with van der Waals surface area (Å²) >= 11 is 0. The molecule has 0 radical (unpaired) electrons. The van der Waals surface area contributed by atoms with Crippen LogP contribution >= 0.6 is 0 Å². The first kappa shape index (κ1) is 11.3. The Morgan fingerprint density at radius 2 is 2.07 bits per heavy atom. The third-order valence-corrected chi connectivity index (χ3v) is 1.53. The molecule has 1 amide bonds. The highest BCUT2D eigenvalue weighted by Crippen LogP contribution is 2.21. The van der Waals surface area contributed by atoms with Crippen molar-refractivity contribution in [2.75, 3.05) is 0 Å². The zero-order valence-electron chi connectivity index (χ0n) is 7.63. The van der Waals surface area contributed by atoms with E-state index in [2.05, 4.69) is 9.72 Å². The average Bonchev–Trinajstić information content (AvgIpc) is 2.05. The molecule has 1 aromatic heterocycles. The molecule has 0 saturated heterocycles. The molecule has 2 N–H and O–H groups in total. The van der Waals surface area contributed by atoms with Crippen molar-refractivity contribution in [2.45, 2.75) is 13.3 Å². The van der Waals surface area contributed by atoms with Crippen LogP contribution in [0.4, 0.5) is 13.2 Å². The van der Waals surface area contributed by atoms with Gasteiger partial charge in [0.1, 0.15) is 5.69 Å². The molecule has 0 saturated carbocycles. The number of hydrogen-bond acceptors (Lipinski definition) is 3. The summed E-state index contributed by atoms with van der Waals surface area (Å²) in [5, 5.41) is 0. The van der Waals surface area contributed by atoms with E-state index in [1.54, 1.807) is 0 Å². The largest absolute Gasteiger partial charge is 0.574 e. The second-order valence-corrected chi connectivity index (χ2v) is 2.73. The third kappa shape index (κ3) is 3.12. The van der Waals surface area contributed by atoms with E-state index in [4.69, 9.17) is 5.73 Å². The van der Waals surface area contributed by atoms with Gasteiger partial charge in [0.15, 0.2) is 0 Å². The smallest absolute Gasteiger partial charge is 0.388 e. The van der Waals surface area contributed by atoms with Crippen LogP contribution in [0, 0.1) is 6.92 Å². The maximum absolute atomic E-state index is 11.8. The van der Waals surface area contributed by atoms with Gasteiger partial charge in [0, 0.05) is 6.07 Å². The van der Waals surface area contributed by atoms with Crippen LogP contribution in [0.3, 0.4) is 0 Å². The van der Waals surface area contributed by atoms with Gasteiger partial charge in [-0.25, -0.2) is 4.98 Å². The highest BCUT2D eigenvalue weighted by atomic mass is 19.4. The molecule has 4 nitrogen and oxygen atoms in total. The molecular formula is C8H7F3N2O2. The highest BCUT2D eigenvalue weighted by Gasteiger charge is 2.32. The van der Waals surface area contributed by atoms with Crippen molar-refractivity contribution >= 4 is 5.91 Å². The summed E-state index contributed by atoms with van der Waals surface area (Å²) in [5.41, 5.74) is 5.06. The molecule has 15 heavy (non-hydrogen) atoms. The summed E-state index contributed by atoms with van der Waals surface area (Å²) in [6.07, 6.45) is -4.84. The predicted molar refractivity (Wildman–Crippen MR) is 44.2 cm³/mol. The first-order valence-corrected chi connectivity index (χ1v) is 3.83. The van der Waals surface area contributed by atoms with Crippen molar-refractivity contribution in [3.63, 3.8) is 0 Å². The molecular weight excluding hydrogens is 213 g/mol. The molecule has 0 spiro atoms. The van der Waals surface area contributed by atoms with Crippen molar-refractivity contribution in [3.8, 4) is 5.88 Å². The number of carbonyl (C=O) groups excluding carboxylic acids is 1. The lowest BCUT2D eigenvalue weighted by molar-refractivity contribution is -0.276. The Kier molecular flexibility index (Phi) is 2.83. The quantitative estimate of drug-likeness (QED) is 0.818. The first-order chi connectivity index (χ1) is 6.79. The Morgan fingerprint density at radius 3 is 2.53 bits per heavy atom. The zero-order valence-corrected chi connectivity index (χ0v) is 7.63. The maximum atomic E-state index is 11.8. The first-order valence-electron chi connectivity index (χ1n) is 3.83. The molecule has 7 heteroatoms. The van der Waals surface area contributed by atoms with Crippen LogP contribution in [-0.2, 0) is 0 Å². The summed E-state index contributed by atoms with van der Waals surface area (Å²) in [5.74, 6) is -1.61. The third-order valence-electron chi connectivity index (χ3n) is 1.53. The molecule has 1 rings (SSSR count). The monoisotopic (exact) mass is 220 g/mol. The second-order valence-electron chi connectivity index (χ2n) is 2.73. The summed E-state index contributed by atoms with van der Waals surface area (Å²) < 4.78 is 38.9. The van der Waals surface area contributed by atoms with Crippen LogP contribution in [0.1, 0.15) is 16.1 Å². The number of rotatable bonds is 2. The summed E-state index contributed by atoms with van der Waals surface area (Å²) in [6, 6.07) is 2.28. The Hall–Kier alpha value is -1.79. The van der Waals surface area contributed by atoms with Crippen LogP contribution in [0.25, 0.3) is 0 Å². The minimum atomic E-state index is -4.84. The molecule has 0 fully saturated rings. The fourth-order valence-electron chi connectivity index (χ4n) is 0.936. The Balaban J connectivity index is 3.03. The molecule has 0 aliphatic carbocycles. The Morgan fingerprint density at radius 1 is 1.47 bits per heavy atom. The molecule has 1 heterocycles. The number of halogens is 3. The standard InChI is InChI=1S/C8H7F3N2O2/c1-4-2-3-5(15-8(9,10)11)13-6(4)7(12)14/h2-3H,1H3,(H2,12,14). The average molecular weight is 220 g/mol. The molecule has 82 valence electrons. The van der Waals surface area contributed by atoms with E-state index in [1.165, 1.54) is 13.0 Å². The van der Waals surface area contributed by atoms with Gasteiger partial charge in [0.25, 0.3) is 5.91 Å². The molecule has 1 aromatic rings. The molecule has 0 atom stereocenters. The van der Waals surface area contributed by atoms with Gasteiger partial charge in [-0.15, -0.1) is 13.2 Å². The van der Waals surface area contributed by atoms with E-state index >= 15 is 0 Å². The number of aryl methyl sites for hydroxylation is 1. The van der Waals surface area contributed by atoms with E-state index in [1.807, 2.05) is 0 Å². The predicted octanol–water partition coefficient (Wildman–Crippen LogP) is 1.39. The number of hydrogen-bond donors (Lipinski definition) is 1. The molecule has 0 unspecified atom stereocenters. The van der Waals surface area contributed by atoms with Gasteiger partial charge in [-0.1, -0.05) is 6.07 Å². The number of aromatic nitrogens is 1. The van der Waals surface area contributed by atoms with Crippen molar-refractivity contribution in [3.05, 3.63) is 23.4 Å². The normalized spacial score (nSPS) is 11.2. The number of pyridine rings is 1. The molecule has 0 aromatic carbocycles. The number of carbonyl (C=O) groups is 1. The number of nitrogens with zero attached hydrogens (tertiary/aromatic N) is 1. The summed E-state index contributed by atoms with van der Waals surface area (Å²) in [4.78, 5) is 14.1. The lowest BCUT2D eigenvalue weighted by Crippen LogP contribution is -2.20. The lowest BCUT2D eigenvalue weighted by atomic mass is 10.2. The van der Waals surface area contributed by atoms with Gasteiger partial charge in [-0.05, 0) is 12.5 Å². The van der Waals surface area contributed by atoms with Crippen LogP contribution < -0.4 is 10.5 Å². The Bertz CT molecular complexity index is 390. The highest BCUT2D eigenvalue weighted by molar-refractivity contribution is 5.92. The van der Waals surface area contributed by atoms with Crippen LogP contribution in [-0.4, -0.2) is 17.3 Å². The fraction of sp³-hybridized carbons (Fsp3) is 0.250.